The number of halogens is 3. The quantitative estimate of drug-likeness (QED) is 0.429. The number of carbonyl (C=O) groups excluding carboxylic acids is 2. The van der Waals surface area contributed by atoms with E-state index in [0.717, 1.165) is 42.3 Å². The van der Waals surface area contributed by atoms with Crippen molar-refractivity contribution >= 4 is 17.5 Å². The molecule has 1 fully saturated rings. The largest absolute Gasteiger partial charge is 0.351 e. The van der Waals surface area contributed by atoms with Crippen molar-refractivity contribution in [3.05, 3.63) is 77.5 Å². The molecule has 0 spiro atoms. The summed E-state index contributed by atoms with van der Waals surface area (Å²) in [6.07, 6.45) is 4.40. The van der Waals surface area contributed by atoms with Gasteiger partial charge in [-0.3, -0.25) is 14.6 Å². The maximum atomic E-state index is 14.5. The summed E-state index contributed by atoms with van der Waals surface area (Å²) in [4.78, 5) is 33.4. The lowest BCUT2D eigenvalue weighted by Gasteiger charge is -2.40. The molecule has 38 heavy (non-hydrogen) atoms. The van der Waals surface area contributed by atoms with Crippen LogP contribution in [0.1, 0.15) is 55.6 Å². The van der Waals surface area contributed by atoms with Crippen LogP contribution < -0.4 is 16.4 Å². The number of carbonyl (C=O) groups is 2. The molecular formula is C28H30F3N5O2. The Balaban J connectivity index is 1.56. The monoisotopic (exact) mass is 525 g/mol. The molecule has 0 saturated heterocycles. The van der Waals surface area contributed by atoms with Crippen LogP contribution in [0, 0.1) is 29.3 Å². The summed E-state index contributed by atoms with van der Waals surface area (Å²) in [5, 5.41) is 5.81. The zero-order chi connectivity index (χ0) is 27.6. The van der Waals surface area contributed by atoms with E-state index in [1.165, 1.54) is 6.20 Å². The Labute approximate surface area is 219 Å². The second kappa shape index (κ2) is 11.3. The van der Waals surface area contributed by atoms with Crippen LogP contribution in [0.5, 0.6) is 0 Å². The fraction of sp³-hybridized carbons (Fsp3) is 0.357. The lowest BCUT2D eigenvalue weighted by atomic mass is 9.73. The number of anilines is 1. The minimum Gasteiger partial charge on any atom is -0.351 e. The van der Waals surface area contributed by atoms with Gasteiger partial charge in [-0.1, -0.05) is 26.8 Å². The summed E-state index contributed by atoms with van der Waals surface area (Å²) in [6, 6.07) is 6.56. The second-order valence-corrected chi connectivity index (χ2v) is 10.0. The molecular weight excluding hydrogens is 495 g/mol. The molecule has 4 N–H and O–H groups in total. The highest BCUT2D eigenvalue weighted by Crippen LogP contribution is 2.39. The third kappa shape index (κ3) is 5.70. The molecule has 200 valence electrons. The van der Waals surface area contributed by atoms with E-state index >= 15 is 0 Å². The minimum absolute atomic E-state index is 0.0187. The third-order valence-electron chi connectivity index (χ3n) is 6.94. The Bertz CT molecular complexity index is 1320. The van der Waals surface area contributed by atoms with Crippen molar-refractivity contribution < 1.29 is 22.8 Å². The van der Waals surface area contributed by atoms with E-state index in [4.69, 9.17) is 5.73 Å². The summed E-state index contributed by atoms with van der Waals surface area (Å²) in [7, 11) is 0. The highest BCUT2D eigenvalue weighted by Gasteiger charge is 2.36. The fourth-order valence-corrected chi connectivity index (χ4v) is 4.94. The van der Waals surface area contributed by atoms with E-state index in [0.29, 0.717) is 12.1 Å². The van der Waals surface area contributed by atoms with Crippen LogP contribution in [-0.2, 0) is 4.79 Å². The molecule has 1 aromatic carbocycles. The molecule has 0 aliphatic heterocycles. The van der Waals surface area contributed by atoms with Gasteiger partial charge in [-0.2, -0.15) is 0 Å². The molecule has 1 unspecified atom stereocenters. The number of aromatic nitrogens is 2. The molecule has 2 aromatic heterocycles. The summed E-state index contributed by atoms with van der Waals surface area (Å²) in [5.74, 6) is -3.76. The lowest BCUT2D eigenvalue weighted by Crippen LogP contribution is -2.55. The van der Waals surface area contributed by atoms with Crippen molar-refractivity contribution in [2.24, 2.45) is 17.6 Å². The number of nitrogens with two attached hydrogens (primary N) is 1. The predicted octanol–water partition coefficient (Wildman–Crippen LogP) is 4.79. The molecule has 1 aliphatic carbocycles. The first-order chi connectivity index (χ1) is 18.1. The number of benzene rings is 1. The molecule has 3 aromatic rings. The number of amides is 2. The summed E-state index contributed by atoms with van der Waals surface area (Å²) >= 11 is 0. The molecule has 1 aliphatic rings. The van der Waals surface area contributed by atoms with Gasteiger partial charge in [0.15, 0.2) is 0 Å². The first kappa shape index (κ1) is 27.3. The summed E-state index contributed by atoms with van der Waals surface area (Å²) < 4.78 is 43.0. The number of rotatable bonds is 6. The standard InChI is InChI=1S/C28H30F3N5O2/c1-14(2)27(37)36-25-15(3)11-16(12-21(25)32)17-9-10-33-13-23(17)35-28(38)22-8-7-20(31)26(34-22)24-18(29)5-4-6-19(24)30/h4-10,13-16,21,25H,11-12,32H2,1-3H3,(H,35,38)(H,36,37)/t15-,16+,21?,25-/m0/s1. The maximum absolute atomic E-state index is 14.5. The van der Waals surface area contributed by atoms with Crippen LogP contribution in [0.15, 0.2) is 48.8 Å². The van der Waals surface area contributed by atoms with Crippen molar-refractivity contribution in [1.82, 2.24) is 15.3 Å². The van der Waals surface area contributed by atoms with E-state index < -0.39 is 34.6 Å². The van der Waals surface area contributed by atoms with Crippen LogP contribution in [0.25, 0.3) is 11.3 Å². The van der Waals surface area contributed by atoms with Crippen LogP contribution >= 0.6 is 0 Å². The lowest BCUT2D eigenvalue weighted by molar-refractivity contribution is -0.125. The van der Waals surface area contributed by atoms with Crippen LogP contribution in [0.2, 0.25) is 0 Å². The van der Waals surface area contributed by atoms with Gasteiger partial charge in [0.1, 0.15) is 28.8 Å². The zero-order valence-electron chi connectivity index (χ0n) is 21.3. The van der Waals surface area contributed by atoms with Gasteiger partial charge < -0.3 is 16.4 Å². The highest BCUT2D eigenvalue weighted by molar-refractivity contribution is 6.03. The number of hydrogen-bond donors (Lipinski definition) is 3. The van der Waals surface area contributed by atoms with Crippen LogP contribution in [0.4, 0.5) is 18.9 Å². The van der Waals surface area contributed by atoms with Gasteiger partial charge >= 0.3 is 0 Å². The molecule has 2 amide bonds. The van der Waals surface area contributed by atoms with E-state index in [9.17, 15) is 22.8 Å². The normalized spacial score (nSPS) is 21.3. The van der Waals surface area contributed by atoms with Crippen molar-refractivity contribution in [1.29, 1.82) is 0 Å². The molecule has 10 heteroatoms. The maximum Gasteiger partial charge on any atom is 0.274 e. The Hall–Kier alpha value is -3.79. The summed E-state index contributed by atoms with van der Waals surface area (Å²) in [6.45, 7) is 5.69. The van der Waals surface area contributed by atoms with Gasteiger partial charge in [0, 0.05) is 24.2 Å². The van der Waals surface area contributed by atoms with Gasteiger partial charge in [0.05, 0.1) is 17.4 Å². The minimum atomic E-state index is -0.992. The average molecular weight is 526 g/mol. The summed E-state index contributed by atoms with van der Waals surface area (Å²) in [5.41, 5.74) is 6.25. The Morgan fingerprint density at radius 2 is 1.74 bits per heavy atom. The SMILES string of the molecule is CC(C)C(=O)N[C@@H]1C(N)C[C@H](c2ccncc2NC(=O)c2ccc(F)c(-c3c(F)cccc3F)n2)C[C@@H]1C. The Morgan fingerprint density at radius 1 is 1.03 bits per heavy atom. The van der Waals surface area contributed by atoms with E-state index in [1.807, 2.05) is 20.8 Å². The van der Waals surface area contributed by atoms with Crippen LogP contribution in [-0.4, -0.2) is 33.9 Å². The van der Waals surface area contributed by atoms with Gasteiger partial charge in [0.2, 0.25) is 5.91 Å². The predicted molar refractivity (Wildman–Crippen MR) is 138 cm³/mol. The third-order valence-corrected chi connectivity index (χ3v) is 6.94. The molecule has 4 rings (SSSR count). The smallest absolute Gasteiger partial charge is 0.274 e. The van der Waals surface area contributed by atoms with E-state index in [-0.39, 0.29) is 41.4 Å². The zero-order valence-corrected chi connectivity index (χ0v) is 21.3. The highest BCUT2D eigenvalue weighted by atomic mass is 19.1. The molecule has 0 bridgehead atoms. The van der Waals surface area contributed by atoms with Crippen molar-refractivity contribution in [3.63, 3.8) is 0 Å². The van der Waals surface area contributed by atoms with Crippen molar-refractivity contribution in [2.45, 2.75) is 51.6 Å². The first-order valence-corrected chi connectivity index (χ1v) is 12.5. The molecule has 2 heterocycles. The molecule has 7 nitrogen and oxygen atoms in total. The second-order valence-electron chi connectivity index (χ2n) is 10.0. The Kier molecular flexibility index (Phi) is 8.11. The number of hydrogen-bond acceptors (Lipinski definition) is 5. The fourth-order valence-electron chi connectivity index (χ4n) is 4.94. The van der Waals surface area contributed by atoms with E-state index in [1.54, 1.807) is 12.3 Å². The topological polar surface area (TPSA) is 110 Å². The number of nitrogens with one attached hydrogen (secondary N) is 2. The van der Waals surface area contributed by atoms with Gasteiger partial charge in [-0.05, 0) is 60.6 Å². The first-order valence-electron chi connectivity index (χ1n) is 12.5. The van der Waals surface area contributed by atoms with Gasteiger partial charge in [0.25, 0.3) is 5.91 Å². The van der Waals surface area contributed by atoms with E-state index in [2.05, 4.69) is 20.6 Å². The van der Waals surface area contributed by atoms with Crippen molar-refractivity contribution in [3.8, 4) is 11.3 Å². The number of nitrogens with zero attached hydrogens (tertiary/aromatic N) is 2. The number of pyridine rings is 2. The van der Waals surface area contributed by atoms with Gasteiger partial charge in [-0.25, -0.2) is 18.2 Å². The van der Waals surface area contributed by atoms with Gasteiger partial charge in [-0.15, -0.1) is 0 Å². The molecule has 1 saturated carbocycles. The van der Waals surface area contributed by atoms with Crippen LogP contribution in [0.3, 0.4) is 0 Å². The van der Waals surface area contributed by atoms with Crippen molar-refractivity contribution in [2.75, 3.05) is 5.32 Å². The Morgan fingerprint density at radius 3 is 2.39 bits per heavy atom. The molecule has 0 radical (unpaired) electrons. The molecule has 4 atom stereocenters. The average Bonchev–Trinajstić information content (AvgIpc) is 2.87.